The Balaban J connectivity index is 1.60. The van der Waals surface area contributed by atoms with Crippen LogP contribution in [0.4, 0.5) is 0 Å². The van der Waals surface area contributed by atoms with Gasteiger partial charge in [0, 0.05) is 38.7 Å². The SMILES string of the molecule is O=C(O)CC1CCN(C(=O)c2ccno2)CC1CCN1CCOCC1. The van der Waals surface area contributed by atoms with Crippen LogP contribution in [0.25, 0.3) is 0 Å². The molecule has 1 aromatic heterocycles. The number of piperidine rings is 1. The van der Waals surface area contributed by atoms with E-state index in [1.807, 2.05) is 0 Å². The van der Waals surface area contributed by atoms with Crippen LogP contribution in [0.5, 0.6) is 0 Å². The molecule has 3 rings (SSSR count). The van der Waals surface area contributed by atoms with E-state index in [2.05, 4.69) is 10.1 Å². The second-order valence-corrected chi connectivity index (χ2v) is 6.78. The van der Waals surface area contributed by atoms with Crippen molar-refractivity contribution in [2.24, 2.45) is 11.8 Å². The highest BCUT2D eigenvalue weighted by Crippen LogP contribution is 2.30. The summed E-state index contributed by atoms with van der Waals surface area (Å²) in [7, 11) is 0. The second kappa shape index (κ2) is 8.44. The maximum Gasteiger partial charge on any atom is 0.303 e. The summed E-state index contributed by atoms with van der Waals surface area (Å²) in [6.07, 6.45) is 3.22. The van der Waals surface area contributed by atoms with E-state index in [9.17, 15) is 14.7 Å². The lowest BCUT2D eigenvalue weighted by molar-refractivity contribution is -0.139. The van der Waals surface area contributed by atoms with Crippen molar-refractivity contribution in [3.63, 3.8) is 0 Å². The number of carboxylic acids is 1. The maximum absolute atomic E-state index is 12.5. The van der Waals surface area contributed by atoms with Crippen molar-refractivity contribution < 1.29 is 24.0 Å². The molecule has 2 unspecified atom stereocenters. The third kappa shape index (κ3) is 4.79. The number of hydrogen-bond acceptors (Lipinski definition) is 6. The van der Waals surface area contributed by atoms with Crippen LogP contribution in [0.15, 0.2) is 16.8 Å². The largest absolute Gasteiger partial charge is 0.481 e. The van der Waals surface area contributed by atoms with Gasteiger partial charge in [-0.05, 0) is 31.2 Å². The molecule has 0 radical (unpaired) electrons. The molecule has 8 nitrogen and oxygen atoms in total. The lowest BCUT2D eigenvalue weighted by atomic mass is 9.81. The van der Waals surface area contributed by atoms with Gasteiger partial charge in [-0.2, -0.15) is 0 Å². The van der Waals surface area contributed by atoms with E-state index >= 15 is 0 Å². The average Bonchev–Trinajstić information content (AvgIpc) is 3.15. The van der Waals surface area contributed by atoms with Crippen molar-refractivity contribution in [3.05, 3.63) is 18.0 Å². The van der Waals surface area contributed by atoms with E-state index in [0.29, 0.717) is 19.5 Å². The Labute approximate surface area is 146 Å². The van der Waals surface area contributed by atoms with Gasteiger partial charge in [-0.25, -0.2) is 0 Å². The normalized spacial score (nSPS) is 25.0. The van der Waals surface area contributed by atoms with Crippen LogP contribution in [0, 0.1) is 11.8 Å². The molecule has 2 atom stereocenters. The van der Waals surface area contributed by atoms with Gasteiger partial charge in [0.1, 0.15) is 0 Å². The highest BCUT2D eigenvalue weighted by atomic mass is 16.5. The number of aliphatic carboxylic acids is 1. The molecule has 138 valence electrons. The summed E-state index contributed by atoms with van der Waals surface area (Å²) in [5, 5.41) is 12.8. The summed E-state index contributed by atoms with van der Waals surface area (Å²) in [5.41, 5.74) is 0. The van der Waals surface area contributed by atoms with Crippen molar-refractivity contribution in [1.29, 1.82) is 0 Å². The first-order chi connectivity index (χ1) is 12.1. The monoisotopic (exact) mass is 351 g/mol. The summed E-state index contributed by atoms with van der Waals surface area (Å²) in [6.45, 7) is 5.37. The fourth-order valence-corrected chi connectivity index (χ4v) is 3.74. The van der Waals surface area contributed by atoms with Gasteiger partial charge in [0.25, 0.3) is 5.91 Å². The van der Waals surface area contributed by atoms with Gasteiger partial charge >= 0.3 is 5.97 Å². The van der Waals surface area contributed by atoms with Crippen molar-refractivity contribution >= 4 is 11.9 Å². The topological polar surface area (TPSA) is 96.1 Å². The number of ether oxygens (including phenoxy) is 1. The lowest BCUT2D eigenvalue weighted by Gasteiger charge is -2.39. The third-order valence-corrected chi connectivity index (χ3v) is 5.18. The minimum atomic E-state index is -0.767. The number of carbonyl (C=O) groups excluding carboxylic acids is 1. The molecule has 0 bridgehead atoms. The molecular formula is C17H25N3O5. The number of nitrogens with zero attached hydrogens (tertiary/aromatic N) is 3. The van der Waals surface area contributed by atoms with Gasteiger partial charge in [0.05, 0.1) is 19.4 Å². The summed E-state index contributed by atoms with van der Waals surface area (Å²) in [6, 6.07) is 1.56. The number of carbonyl (C=O) groups is 2. The van der Waals surface area contributed by atoms with Gasteiger partial charge in [0.2, 0.25) is 5.76 Å². The first kappa shape index (κ1) is 17.9. The van der Waals surface area contributed by atoms with Gasteiger partial charge in [-0.3, -0.25) is 14.5 Å². The van der Waals surface area contributed by atoms with E-state index < -0.39 is 5.97 Å². The van der Waals surface area contributed by atoms with Gasteiger partial charge < -0.3 is 19.3 Å². The molecule has 1 amide bonds. The molecule has 0 aromatic carbocycles. The minimum Gasteiger partial charge on any atom is -0.481 e. The van der Waals surface area contributed by atoms with Gasteiger partial charge in [-0.1, -0.05) is 5.16 Å². The molecule has 0 aliphatic carbocycles. The molecule has 3 heterocycles. The zero-order valence-corrected chi connectivity index (χ0v) is 14.3. The van der Waals surface area contributed by atoms with Crippen LogP contribution in [0.3, 0.4) is 0 Å². The van der Waals surface area contributed by atoms with E-state index in [0.717, 1.165) is 39.3 Å². The Morgan fingerprint density at radius 1 is 1.24 bits per heavy atom. The molecule has 1 aromatic rings. The van der Waals surface area contributed by atoms with Gasteiger partial charge in [0.15, 0.2) is 0 Å². The molecule has 1 N–H and O–H groups in total. The smallest absolute Gasteiger partial charge is 0.303 e. The van der Waals surface area contributed by atoms with Crippen LogP contribution < -0.4 is 0 Å². The van der Waals surface area contributed by atoms with Crippen molar-refractivity contribution in [3.8, 4) is 0 Å². The number of likely N-dealkylation sites (tertiary alicyclic amines) is 1. The van der Waals surface area contributed by atoms with E-state index in [4.69, 9.17) is 9.26 Å². The predicted molar refractivity (Wildman–Crippen MR) is 88.1 cm³/mol. The summed E-state index contributed by atoms with van der Waals surface area (Å²) >= 11 is 0. The Kier molecular flexibility index (Phi) is 6.04. The molecule has 2 aliphatic heterocycles. The molecule has 25 heavy (non-hydrogen) atoms. The summed E-state index contributed by atoms with van der Waals surface area (Å²) in [5.74, 6) is -0.403. The van der Waals surface area contributed by atoms with E-state index in [-0.39, 0.29) is 29.9 Å². The first-order valence-electron chi connectivity index (χ1n) is 8.85. The average molecular weight is 351 g/mol. The van der Waals surface area contributed by atoms with E-state index in [1.54, 1.807) is 11.0 Å². The Morgan fingerprint density at radius 2 is 2.04 bits per heavy atom. The maximum atomic E-state index is 12.5. The number of amides is 1. The van der Waals surface area contributed by atoms with Crippen LogP contribution in [-0.2, 0) is 9.53 Å². The number of hydrogen-bond donors (Lipinski definition) is 1. The highest BCUT2D eigenvalue weighted by molar-refractivity contribution is 5.91. The zero-order chi connectivity index (χ0) is 17.6. The van der Waals surface area contributed by atoms with Gasteiger partial charge in [-0.15, -0.1) is 0 Å². The number of aromatic nitrogens is 1. The molecule has 2 saturated heterocycles. The molecular weight excluding hydrogens is 326 g/mol. The van der Waals surface area contributed by atoms with E-state index in [1.165, 1.54) is 6.20 Å². The number of carboxylic acid groups (broad SMARTS) is 1. The Hall–Kier alpha value is -1.93. The molecule has 2 aliphatic rings. The minimum absolute atomic E-state index is 0.109. The van der Waals surface area contributed by atoms with Crippen LogP contribution in [0.1, 0.15) is 29.8 Å². The lowest BCUT2D eigenvalue weighted by Crippen LogP contribution is -2.46. The molecule has 2 fully saturated rings. The van der Waals surface area contributed by atoms with Crippen molar-refractivity contribution in [2.75, 3.05) is 45.9 Å². The number of morpholine rings is 1. The molecule has 8 heteroatoms. The summed E-state index contributed by atoms with van der Waals surface area (Å²) in [4.78, 5) is 27.8. The van der Waals surface area contributed by atoms with Crippen LogP contribution in [-0.4, -0.2) is 77.9 Å². The zero-order valence-electron chi connectivity index (χ0n) is 14.3. The van der Waals surface area contributed by atoms with Crippen molar-refractivity contribution in [2.45, 2.75) is 19.3 Å². The molecule has 0 spiro atoms. The summed E-state index contributed by atoms with van der Waals surface area (Å²) < 4.78 is 10.3. The standard InChI is InChI=1S/C17H25N3O5/c21-16(22)11-13-3-6-20(17(23)15-1-4-18-25-15)12-14(13)2-5-19-7-9-24-10-8-19/h1,4,13-14H,2-3,5-12H2,(H,21,22). The Bertz CT molecular complexity index is 571. The van der Waals surface area contributed by atoms with Crippen molar-refractivity contribution in [1.82, 2.24) is 15.0 Å². The second-order valence-electron chi connectivity index (χ2n) is 6.78. The molecule has 0 saturated carbocycles. The predicted octanol–water partition coefficient (Wildman–Crippen LogP) is 0.950. The quantitative estimate of drug-likeness (QED) is 0.815. The first-order valence-corrected chi connectivity index (χ1v) is 8.85. The Morgan fingerprint density at radius 3 is 2.72 bits per heavy atom. The van der Waals surface area contributed by atoms with Crippen LogP contribution in [0.2, 0.25) is 0 Å². The van der Waals surface area contributed by atoms with Crippen LogP contribution >= 0.6 is 0 Å². The highest BCUT2D eigenvalue weighted by Gasteiger charge is 2.34. The fourth-order valence-electron chi connectivity index (χ4n) is 3.74. The number of rotatable bonds is 6. The third-order valence-electron chi connectivity index (χ3n) is 5.18. The fraction of sp³-hybridized carbons (Fsp3) is 0.706.